The van der Waals surface area contributed by atoms with Crippen molar-refractivity contribution in [2.45, 2.75) is 158 Å². The summed E-state index contributed by atoms with van der Waals surface area (Å²) >= 11 is 0. The summed E-state index contributed by atoms with van der Waals surface area (Å²) in [5.74, 6) is 5.21. The molecule has 1 saturated carbocycles. The molecule has 0 bridgehead atoms. The molecule has 11 heterocycles. The Hall–Kier alpha value is -3.71. The minimum Gasteiger partial charge on any atom is -0.502 e. The highest BCUT2D eigenvalue weighted by Crippen LogP contribution is 2.38. The quantitative estimate of drug-likeness (QED) is 0.136. The molecule has 14 rings (SSSR count). The minimum absolute atomic E-state index is 0.0196. The molecule has 16 atom stereocenters. The molecule has 1 aliphatic carbocycles. The van der Waals surface area contributed by atoms with Gasteiger partial charge in [0.2, 0.25) is 12.0 Å². The lowest BCUT2D eigenvalue weighted by Crippen LogP contribution is -2.45. The average Bonchev–Trinajstić information content (AvgIpc) is 1.62. The summed E-state index contributed by atoms with van der Waals surface area (Å²) in [5.41, 5.74) is 1.18. The van der Waals surface area contributed by atoms with Crippen LogP contribution in [0.5, 0.6) is 5.75 Å². The summed E-state index contributed by atoms with van der Waals surface area (Å²) in [6, 6.07) is 15.8. The summed E-state index contributed by atoms with van der Waals surface area (Å²) in [5, 5.41) is 0. The van der Waals surface area contributed by atoms with Crippen molar-refractivity contribution >= 4 is 131 Å². The van der Waals surface area contributed by atoms with E-state index in [9.17, 15) is 88.6 Å². The summed E-state index contributed by atoms with van der Waals surface area (Å²) in [4.78, 5) is 3.28. The lowest BCUT2D eigenvalue weighted by atomic mass is 9.95. The van der Waals surface area contributed by atoms with Gasteiger partial charge in [0.25, 0.3) is 10.1 Å². The Labute approximate surface area is 642 Å². The SMILES string of the molecule is C=S(C)(=O)OCC1OS(=O)(=O)OC1COS(C)(=O)=O.C=S1(=O)OCC(C2COS(=O)(=O)O2)O1.CC1(C)OCC(C2OS(=O)(=O)OC2C2COC(C)(C)O2)O1.CC1COS(=O)(=O)O1.O=S1(=O)OC2CCCCC2O1.O=S1(=O)OCC(F)O1.O=S1(=O)OCC(c2ccccc2)O1.[C-]#[N+]c1ccccc1OCC1COS(=O)(=O)O1. The van der Waals surface area contributed by atoms with Crippen molar-refractivity contribution in [3.63, 3.8) is 0 Å². The molecule has 11 saturated heterocycles. The molecular formula is C53H78FNO45S11. The first-order valence-electron chi connectivity index (χ1n) is 31.6. The van der Waals surface area contributed by atoms with Crippen LogP contribution in [0.25, 0.3) is 4.85 Å². The van der Waals surface area contributed by atoms with Gasteiger partial charge in [-0.1, -0.05) is 61.4 Å². The van der Waals surface area contributed by atoms with Gasteiger partial charge in [-0.05, 0) is 65.0 Å². The molecule has 0 aromatic heterocycles. The second-order valence-electron chi connectivity index (χ2n) is 24.7. The Morgan fingerprint density at radius 1 is 0.477 bits per heavy atom. The van der Waals surface area contributed by atoms with Gasteiger partial charge in [-0.3, -0.25) is 16.7 Å². The van der Waals surface area contributed by atoms with Gasteiger partial charge in [-0.15, -0.1) is 0 Å². The molecule has 11 aliphatic heterocycles. The van der Waals surface area contributed by atoms with Crippen LogP contribution in [0.2, 0.25) is 0 Å². The molecule has 111 heavy (non-hydrogen) atoms. The Morgan fingerprint density at radius 3 is 1.32 bits per heavy atom. The van der Waals surface area contributed by atoms with Gasteiger partial charge >= 0.3 is 83.2 Å². The molecule has 12 fully saturated rings. The van der Waals surface area contributed by atoms with Crippen LogP contribution in [-0.2, 0) is 216 Å². The van der Waals surface area contributed by atoms with E-state index in [1.165, 1.54) is 6.26 Å². The summed E-state index contributed by atoms with van der Waals surface area (Å²) in [6.07, 6.45) is -4.63. The number of alkyl halides is 1. The topological polar surface area (TPSA) is 577 Å². The molecule has 0 N–H and O–H groups in total. The van der Waals surface area contributed by atoms with E-state index >= 15 is 0 Å². The van der Waals surface area contributed by atoms with Crippen LogP contribution in [0.15, 0.2) is 54.6 Å². The van der Waals surface area contributed by atoms with Crippen molar-refractivity contribution in [1.29, 1.82) is 0 Å². The molecule has 638 valence electrons. The van der Waals surface area contributed by atoms with Crippen LogP contribution >= 0.6 is 0 Å². The maximum Gasteiger partial charge on any atom is 0.402 e. The third-order valence-electron chi connectivity index (χ3n) is 14.4. The van der Waals surface area contributed by atoms with Crippen molar-refractivity contribution in [2.75, 3.05) is 85.2 Å². The van der Waals surface area contributed by atoms with E-state index in [1.54, 1.807) is 71.0 Å². The Kier molecular flexibility index (Phi) is 32.6. The van der Waals surface area contributed by atoms with Crippen LogP contribution in [-0.4, -0.2) is 272 Å². The van der Waals surface area contributed by atoms with E-state index in [0.717, 1.165) is 37.5 Å². The van der Waals surface area contributed by atoms with Crippen LogP contribution in [0.4, 0.5) is 10.1 Å². The molecule has 0 amide bonds. The molecule has 58 heteroatoms. The van der Waals surface area contributed by atoms with Crippen molar-refractivity contribution < 1.29 is 196 Å². The Bertz CT molecular complexity index is 4670. The first-order chi connectivity index (χ1) is 51.0. The van der Waals surface area contributed by atoms with Gasteiger partial charge in [0.1, 0.15) is 105 Å². The zero-order valence-electron chi connectivity index (χ0n) is 59.0. The Morgan fingerprint density at radius 2 is 0.919 bits per heavy atom. The maximum absolute atomic E-state index is 11.7. The predicted molar refractivity (Wildman–Crippen MR) is 367 cm³/mol. The monoisotopic (exact) mass is 1820 g/mol. The summed E-state index contributed by atoms with van der Waals surface area (Å²) in [7, 11) is -40.6. The zero-order chi connectivity index (χ0) is 82.7. The molecule has 0 radical (unpaired) electrons. The van der Waals surface area contributed by atoms with E-state index < -0.39 is 212 Å². The molecular weight excluding hydrogens is 1740 g/mol. The van der Waals surface area contributed by atoms with Crippen LogP contribution in [0, 0.1) is 6.57 Å². The van der Waals surface area contributed by atoms with Crippen LogP contribution in [0.3, 0.4) is 0 Å². The molecule has 2 aromatic carbocycles. The smallest absolute Gasteiger partial charge is 0.402 e. The molecule has 12 aliphatic rings. The van der Waals surface area contributed by atoms with Gasteiger partial charge in [0.05, 0.1) is 75.5 Å². The number of halogens is 1. The molecule has 46 nitrogen and oxygen atoms in total. The molecule has 16 unspecified atom stereocenters. The number of fused-ring (bicyclic) bond motifs is 1. The second-order valence-corrected chi connectivity index (χ2v) is 39.8. The number of nitrogens with zero attached hydrogens (tertiary/aromatic N) is 1. The van der Waals surface area contributed by atoms with Crippen molar-refractivity contribution in [2.24, 2.45) is 0 Å². The first-order valence-corrected chi connectivity index (χ1v) is 47.8. The third-order valence-corrected chi connectivity index (χ3v) is 24.0. The summed E-state index contributed by atoms with van der Waals surface area (Å²) in [6.45, 7) is 14.5. The van der Waals surface area contributed by atoms with Gasteiger partial charge in [0, 0.05) is 12.1 Å². The normalized spacial score (nSPS) is 35.1. The van der Waals surface area contributed by atoms with E-state index in [1.807, 2.05) is 18.2 Å². The lowest BCUT2D eigenvalue weighted by molar-refractivity contribution is -0.165. The highest BCUT2D eigenvalue weighted by atomic mass is 32.3. The number of para-hydroxylation sites is 2. The Balaban J connectivity index is 0.000000179. The van der Waals surface area contributed by atoms with E-state index in [2.05, 4.69) is 71.0 Å². The lowest BCUT2D eigenvalue weighted by Gasteiger charge is -2.25. The van der Waals surface area contributed by atoms with E-state index in [4.69, 9.17) is 59.5 Å². The highest BCUT2D eigenvalue weighted by molar-refractivity contribution is 7.95. The first kappa shape index (κ1) is 94.4. The fraction of sp³-hybridized carbons (Fsp3) is 0.717. The highest BCUT2D eigenvalue weighted by Gasteiger charge is 2.55. The summed E-state index contributed by atoms with van der Waals surface area (Å²) < 4.78 is 345. The van der Waals surface area contributed by atoms with E-state index in [-0.39, 0.29) is 71.2 Å². The minimum atomic E-state index is -4.25. The van der Waals surface area contributed by atoms with Gasteiger partial charge in [-0.25, -0.2) is 84.6 Å². The largest absolute Gasteiger partial charge is 0.502 e. The fourth-order valence-corrected chi connectivity index (χ4v) is 18.7. The number of benzene rings is 2. The molecule has 0 spiro atoms. The van der Waals surface area contributed by atoms with Crippen molar-refractivity contribution in [3.8, 4) is 5.75 Å². The van der Waals surface area contributed by atoms with Gasteiger partial charge < -0.3 is 23.7 Å². The third kappa shape index (κ3) is 33.0. The number of rotatable bonds is 13. The van der Waals surface area contributed by atoms with Crippen LogP contribution in [0.1, 0.15) is 72.0 Å². The number of hydrogen-bond acceptors (Lipinski definition) is 45. The van der Waals surface area contributed by atoms with Gasteiger partial charge in [-0.2, -0.15) is 75.8 Å². The number of ether oxygens (including phenoxy) is 5. The van der Waals surface area contributed by atoms with Gasteiger partial charge in [0.15, 0.2) is 21.7 Å². The molecule has 2 aromatic rings. The average molecular weight is 1820 g/mol. The maximum atomic E-state index is 11.7. The standard InChI is InChI=1S/C12H20O8S.C10H9NO5S.C8H8O4S.C7H14O9S3.C6H10O4S.C5H8O7S2.C3H6O4S.C2H3FO4S/c1-11(2)15-5-7(17-11)9-10(20-21(13,14)19-9)8-6-16-12(3,4)18-8;1-11-9-4-2-3-5-10(9)14-6-8-7-15-17(12,13)16-8;9-13(10)11-6-8(12-13)7-4-2-1-3-5-7;1-17(2,8)13-4-6-7(5-14-18(3,9)10)16-19(11,12)15-6;7-11(8)9-5-3-1-2-4-6(5)10-11;1-13(6)9-2-4(11-13)5-3-10-14(7,8)12-5;1-3-2-6-8(4,5)7-3;3-2-1-6-8(4,5)7-2/h7-10H,5-6H2,1-4H3;2-5,8H,6-7H2;1-5,8H,6H2;6-7H,1,4-5H2,2-3H3;5-6H,1-4H2;4-5H,1-3H2;3H,2H2,1H3;2H,1H2. The fourth-order valence-electron chi connectivity index (χ4n) is 9.78. The predicted octanol–water partition coefficient (Wildman–Crippen LogP) is -0.679. The second kappa shape index (κ2) is 38.3. The number of hydrogen-bond donors (Lipinski definition) is 0. The van der Waals surface area contributed by atoms with Crippen molar-refractivity contribution in [3.05, 3.63) is 71.6 Å². The van der Waals surface area contributed by atoms with Crippen molar-refractivity contribution in [1.82, 2.24) is 0 Å². The zero-order valence-corrected chi connectivity index (χ0v) is 68.0. The van der Waals surface area contributed by atoms with Crippen LogP contribution < -0.4 is 4.74 Å². The van der Waals surface area contributed by atoms with E-state index in [0.29, 0.717) is 11.4 Å².